The van der Waals surface area contributed by atoms with E-state index >= 15 is 0 Å². The Labute approximate surface area is 127 Å². The third-order valence-electron chi connectivity index (χ3n) is 3.72. The lowest BCUT2D eigenvalue weighted by Crippen LogP contribution is -2.14. The van der Waals surface area contributed by atoms with Gasteiger partial charge in [0.05, 0.1) is 17.8 Å². The summed E-state index contributed by atoms with van der Waals surface area (Å²) in [7, 11) is 0. The number of rotatable bonds is 2. The fourth-order valence-electron chi connectivity index (χ4n) is 2.70. The number of nitrogens with zero attached hydrogens (tertiary/aromatic N) is 4. The molecule has 106 valence electrons. The maximum absolute atomic E-state index is 6.10. The molecule has 0 unspecified atom stereocenters. The quantitative estimate of drug-likeness (QED) is 0.785. The van der Waals surface area contributed by atoms with Gasteiger partial charge in [-0.25, -0.2) is 0 Å². The molecule has 22 heavy (non-hydrogen) atoms. The van der Waals surface area contributed by atoms with Crippen molar-refractivity contribution in [1.82, 2.24) is 15.2 Å². The van der Waals surface area contributed by atoms with Gasteiger partial charge in [0, 0.05) is 23.5 Å². The van der Waals surface area contributed by atoms with Crippen LogP contribution in [-0.4, -0.2) is 21.0 Å². The minimum absolute atomic E-state index is 0.491. The molecular formula is C17H13N5. The van der Waals surface area contributed by atoms with Crippen LogP contribution in [0.2, 0.25) is 0 Å². The SMILES string of the molecule is NC1=NCc2nnc(-c3ccncc3)c(-c3ccccc3)c21. The van der Waals surface area contributed by atoms with E-state index in [1.165, 1.54) is 0 Å². The lowest BCUT2D eigenvalue weighted by molar-refractivity contribution is 0.923. The lowest BCUT2D eigenvalue weighted by atomic mass is 9.94. The summed E-state index contributed by atoms with van der Waals surface area (Å²) < 4.78 is 0. The fraction of sp³-hybridized carbons (Fsp3) is 0.0588. The molecule has 1 aromatic carbocycles. The predicted molar refractivity (Wildman–Crippen MR) is 85.1 cm³/mol. The first-order valence-corrected chi connectivity index (χ1v) is 7.00. The van der Waals surface area contributed by atoms with Gasteiger partial charge in [0.2, 0.25) is 0 Å². The third-order valence-corrected chi connectivity index (χ3v) is 3.72. The molecular weight excluding hydrogens is 274 g/mol. The van der Waals surface area contributed by atoms with Gasteiger partial charge in [-0.3, -0.25) is 9.98 Å². The van der Waals surface area contributed by atoms with Crippen molar-refractivity contribution in [3.05, 3.63) is 66.1 Å². The molecule has 0 radical (unpaired) electrons. The number of amidine groups is 1. The molecule has 2 N–H and O–H groups in total. The van der Waals surface area contributed by atoms with E-state index in [-0.39, 0.29) is 0 Å². The summed E-state index contributed by atoms with van der Waals surface area (Å²) in [4.78, 5) is 8.37. The van der Waals surface area contributed by atoms with Gasteiger partial charge in [-0.05, 0) is 17.7 Å². The van der Waals surface area contributed by atoms with Gasteiger partial charge in [0.1, 0.15) is 11.5 Å². The van der Waals surface area contributed by atoms with E-state index in [2.05, 4.69) is 20.2 Å². The molecule has 4 rings (SSSR count). The summed E-state index contributed by atoms with van der Waals surface area (Å²) in [6.07, 6.45) is 3.49. The number of aliphatic imine (C=N–C) groups is 1. The Kier molecular flexibility index (Phi) is 2.89. The average molecular weight is 287 g/mol. The molecule has 5 nitrogen and oxygen atoms in total. The van der Waals surface area contributed by atoms with Crippen LogP contribution < -0.4 is 5.73 Å². The third kappa shape index (κ3) is 1.95. The van der Waals surface area contributed by atoms with Crippen LogP contribution in [0.25, 0.3) is 22.4 Å². The van der Waals surface area contributed by atoms with Crippen LogP contribution in [0.5, 0.6) is 0 Å². The summed E-state index contributed by atoms with van der Waals surface area (Å²) in [6, 6.07) is 13.9. The van der Waals surface area contributed by atoms with Crippen molar-refractivity contribution in [3.63, 3.8) is 0 Å². The maximum atomic E-state index is 6.10. The summed E-state index contributed by atoms with van der Waals surface area (Å²) in [6.45, 7) is 0.491. The van der Waals surface area contributed by atoms with Crippen LogP contribution >= 0.6 is 0 Å². The summed E-state index contributed by atoms with van der Waals surface area (Å²) in [5, 5.41) is 8.73. The van der Waals surface area contributed by atoms with E-state index in [0.717, 1.165) is 33.6 Å². The molecule has 0 bridgehead atoms. The van der Waals surface area contributed by atoms with Crippen molar-refractivity contribution in [1.29, 1.82) is 0 Å². The predicted octanol–water partition coefficient (Wildman–Crippen LogP) is 2.42. The van der Waals surface area contributed by atoms with Crippen molar-refractivity contribution < 1.29 is 0 Å². The Balaban J connectivity index is 2.05. The Morgan fingerprint density at radius 1 is 0.818 bits per heavy atom. The van der Waals surface area contributed by atoms with E-state index < -0.39 is 0 Å². The molecule has 2 aromatic heterocycles. The summed E-state index contributed by atoms with van der Waals surface area (Å²) in [5.74, 6) is 0.527. The molecule has 1 aliphatic rings. The molecule has 0 amide bonds. The zero-order valence-electron chi connectivity index (χ0n) is 11.8. The fourth-order valence-corrected chi connectivity index (χ4v) is 2.70. The van der Waals surface area contributed by atoms with Crippen LogP contribution in [0.4, 0.5) is 0 Å². The smallest absolute Gasteiger partial charge is 0.128 e. The zero-order chi connectivity index (χ0) is 14.9. The highest BCUT2D eigenvalue weighted by Gasteiger charge is 2.24. The first kappa shape index (κ1) is 12.6. The van der Waals surface area contributed by atoms with Crippen LogP contribution in [-0.2, 0) is 6.54 Å². The number of nitrogens with two attached hydrogens (primary N) is 1. The number of aromatic nitrogens is 3. The highest BCUT2D eigenvalue weighted by atomic mass is 15.1. The molecule has 0 spiro atoms. The van der Waals surface area contributed by atoms with Gasteiger partial charge in [-0.2, -0.15) is 5.10 Å². The van der Waals surface area contributed by atoms with Gasteiger partial charge >= 0.3 is 0 Å². The Bertz CT molecular complexity index is 857. The molecule has 0 atom stereocenters. The normalized spacial score (nSPS) is 12.8. The van der Waals surface area contributed by atoms with E-state index in [1.54, 1.807) is 12.4 Å². The minimum atomic E-state index is 0.491. The molecule has 1 aliphatic heterocycles. The monoisotopic (exact) mass is 287 g/mol. The lowest BCUT2D eigenvalue weighted by Gasteiger charge is -2.13. The van der Waals surface area contributed by atoms with Crippen molar-refractivity contribution >= 4 is 5.84 Å². The van der Waals surface area contributed by atoms with E-state index in [1.807, 2.05) is 42.5 Å². The molecule has 0 aliphatic carbocycles. The zero-order valence-corrected chi connectivity index (χ0v) is 11.8. The van der Waals surface area contributed by atoms with E-state index in [9.17, 15) is 0 Å². The molecule has 0 fully saturated rings. The minimum Gasteiger partial charge on any atom is -0.383 e. The number of benzene rings is 1. The first-order valence-electron chi connectivity index (χ1n) is 7.00. The summed E-state index contributed by atoms with van der Waals surface area (Å²) in [5.41, 5.74) is 11.6. The Morgan fingerprint density at radius 3 is 2.36 bits per heavy atom. The topological polar surface area (TPSA) is 77.0 Å². The molecule has 0 saturated carbocycles. The standard InChI is InChI=1S/C17H13N5/c18-17-15-13(10-20-17)21-22-16(12-6-8-19-9-7-12)14(15)11-4-2-1-3-5-11/h1-9H,10H2,(H2,18,20). The first-order chi connectivity index (χ1) is 10.8. The van der Waals surface area contributed by atoms with Gasteiger partial charge in [0.15, 0.2) is 0 Å². The van der Waals surface area contributed by atoms with Gasteiger partial charge in [0.25, 0.3) is 0 Å². The van der Waals surface area contributed by atoms with Crippen molar-refractivity contribution in [2.45, 2.75) is 6.54 Å². The van der Waals surface area contributed by atoms with Crippen LogP contribution in [0, 0.1) is 0 Å². The molecule has 0 saturated heterocycles. The number of pyridine rings is 1. The summed E-state index contributed by atoms with van der Waals surface area (Å²) >= 11 is 0. The van der Waals surface area contributed by atoms with Crippen molar-refractivity contribution in [3.8, 4) is 22.4 Å². The van der Waals surface area contributed by atoms with Crippen molar-refractivity contribution in [2.24, 2.45) is 10.7 Å². The molecule has 3 heterocycles. The Hall–Kier alpha value is -3.08. The largest absolute Gasteiger partial charge is 0.383 e. The molecule has 3 aromatic rings. The average Bonchev–Trinajstić information content (AvgIpc) is 2.97. The maximum Gasteiger partial charge on any atom is 0.128 e. The van der Waals surface area contributed by atoms with Crippen molar-refractivity contribution in [2.75, 3.05) is 0 Å². The van der Waals surface area contributed by atoms with Gasteiger partial charge < -0.3 is 5.73 Å². The second-order valence-electron chi connectivity index (χ2n) is 5.05. The highest BCUT2D eigenvalue weighted by molar-refractivity contribution is 6.08. The van der Waals surface area contributed by atoms with Crippen LogP contribution in [0.15, 0.2) is 59.9 Å². The van der Waals surface area contributed by atoms with Crippen LogP contribution in [0.3, 0.4) is 0 Å². The number of hydrogen-bond donors (Lipinski definition) is 1. The molecule has 5 heteroatoms. The Morgan fingerprint density at radius 2 is 1.59 bits per heavy atom. The van der Waals surface area contributed by atoms with E-state index in [4.69, 9.17) is 5.73 Å². The van der Waals surface area contributed by atoms with Crippen LogP contribution in [0.1, 0.15) is 11.3 Å². The number of fused-ring (bicyclic) bond motifs is 1. The van der Waals surface area contributed by atoms with E-state index in [0.29, 0.717) is 12.4 Å². The highest BCUT2D eigenvalue weighted by Crippen LogP contribution is 2.35. The number of hydrogen-bond acceptors (Lipinski definition) is 5. The second kappa shape index (κ2) is 5.04. The second-order valence-corrected chi connectivity index (χ2v) is 5.05. The van der Waals surface area contributed by atoms with Gasteiger partial charge in [-0.15, -0.1) is 5.10 Å². The van der Waals surface area contributed by atoms with Gasteiger partial charge in [-0.1, -0.05) is 30.3 Å².